The molecule has 0 saturated carbocycles. The van der Waals surface area contributed by atoms with Crippen molar-refractivity contribution >= 4 is 11.6 Å². The van der Waals surface area contributed by atoms with E-state index in [0.717, 1.165) is 34.1 Å². The number of benzene rings is 2. The lowest BCUT2D eigenvalue weighted by Crippen LogP contribution is -2.12. The molecule has 0 bridgehead atoms. The quantitative estimate of drug-likeness (QED) is 0.707. The van der Waals surface area contributed by atoms with Crippen LogP contribution in [0.3, 0.4) is 0 Å². The Bertz CT molecular complexity index is 943. The van der Waals surface area contributed by atoms with Gasteiger partial charge in [0.1, 0.15) is 5.75 Å². The van der Waals surface area contributed by atoms with E-state index in [-0.39, 0.29) is 5.91 Å². The Morgan fingerprint density at radius 1 is 1.11 bits per heavy atom. The molecule has 0 spiro atoms. The molecule has 2 aromatic carbocycles. The molecule has 0 aliphatic heterocycles. The summed E-state index contributed by atoms with van der Waals surface area (Å²) in [7, 11) is 1.65. The molecular weight excluding hydrogens is 338 g/mol. The highest BCUT2D eigenvalue weighted by Gasteiger charge is 2.14. The van der Waals surface area contributed by atoms with E-state index in [9.17, 15) is 4.79 Å². The number of anilines is 1. The third kappa shape index (κ3) is 4.37. The molecular formula is C22H25N3O2. The average Bonchev–Trinajstić information content (AvgIpc) is 2.96. The van der Waals surface area contributed by atoms with Gasteiger partial charge in [0.15, 0.2) is 0 Å². The summed E-state index contributed by atoms with van der Waals surface area (Å²) in [5, 5.41) is 7.61. The van der Waals surface area contributed by atoms with Crippen LogP contribution in [0.4, 0.5) is 5.69 Å². The molecule has 1 aromatic heterocycles. The number of aryl methyl sites for hydroxylation is 2. The highest BCUT2D eigenvalue weighted by Crippen LogP contribution is 2.22. The normalized spacial score (nSPS) is 10.7. The summed E-state index contributed by atoms with van der Waals surface area (Å²) >= 11 is 0. The SMILES string of the molecule is COc1cccc(-n2nc(C)c(CCC(=O)Nc3ccc(C)cc3)c2C)c1. The van der Waals surface area contributed by atoms with Gasteiger partial charge >= 0.3 is 0 Å². The summed E-state index contributed by atoms with van der Waals surface area (Å²) in [6, 6.07) is 15.6. The van der Waals surface area contributed by atoms with Crippen molar-refractivity contribution in [2.24, 2.45) is 0 Å². The van der Waals surface area contributed by atoms with Crippen LogP contribution in [0.15, 0.2) is 48.5 Å². The fraction of sp³-hybridized carbons (Fsp3) is 0.273. The summed E-state index contributed by atoms with van der Waals surface area (Å²) in [6.07, 6.45) is 1.07. The molecule has 5 heteroatoms. The van der Waals surface area contributed by atoms with Gasteiger partial charge in [0.05, 0.1) is 18.5 Å². The molecule has 0 aliphatic carbocycles. The first-order valence-corrected chi connectivity index (χ1v) is 9.04. The van der Waals surface area contributed by atoms with Gasteiger partial charge in [0.25, 0.3) is 0 Å². The fourth-order valence-electron chi connectivity index (χ4n) is 3.13. The van der Waals surface area contributed by atoms with Gasteiger partial charge in [-0.2, -0.15) is 5.10 Å². The number of methoxy groups -OCH3 is 1. The molecule has 0 aliphatic rings. The van der Waals surface area contributed by atoms with Crippen molar-refractivity contribution in [1.29, 1.82) is 0 Å². The maximum absolute atomic E-state index is 12.3. The third-order valence-electron chi connectivity index (χ3n) is 4.68. The van der Waals surface area contributed by atoms with Crippen LogP contribution < -0.4 is 10.1 Å². The average molecular weight is 363 g/mol. The molecule has 1 heterocycles. The summed E-state index contributed by atoms with van der Waals surface area (Å²) in [5.41, 5.74) is 6.04. The van der Waals surface area contributed by atoms with E-state index in [1.54, 1.807) is 7.11 Å². The van der Waals surface area contributed by atoms with Crippen molar-refractivity contribution in [3.63, 3.8) is 0 Å². The minimum atomic E-state index is 0.00628. The number of rotatable bonds is 6. The molecule has 0 atom stereocenters. The Balaban J connectivity index is 1.71. The maximum Gasteiger partial charge on any atom is 0.224 e. The first kappa shape index (κ1) is 18.7. The number of nitrogens with zero attached hydrogens (tertiary/aromatic N) is 2. The highest BCUT2D eigenvalue weighted by atomic mass is 16.5. The molecule has 0 radical (unpaired) electrons. The number of carbonyl (C=O) groups is 1. The van der Waals surface area contributed by atoms with E-state index in [1.165, 1.54) is 5.56 Å². The van der Waals surface area contributed by atoms with Crippen molar-refractivity contribution in [2.75, 3.05) is 12.4 Å². The first-order valence-electron chi connectivity index (χ1n) is 9.04. The van der Waals surface area contributed by atoms with E-state index >= 15 is 0 Å². The molecule has 1 N–H and O–H groups in total. The first-order chi connectivity index (χ1) is 13.0. The monoisotopic (exact) mass is 363 g/mol. The van der Waals surface area contributed by atoms with Crippen molar-refractivity contribution in [1.82, 2.24) is 9.78 Å². The highest BCUT2D eigenvalue weighted by molar-refractivity contribution is 5.90. The predicted molar refractivity (Wildman–Crippen MR) is 108 cm³/mol. The zero-order valence-corrected chi connectivity index (χ0v) is 16.2. The number of hydrogen-bond donors (Lipinski definition) is 1. The van der Waals surface area contributed by atoms with E-state index in [2.05, 4.69) is 10.4 Å². The minimum absolute atomic E-state index is 0.00628. The Morgan fingerprint density at radius 2 is 1.85 bits per heavy atom. The summed E-state index contributed by atoms with van der Waals surface area (Å²) in [5.74, 6) is 0.797. The smallest absolute Gasteiger partial charge is 0.224 e. The molecule has 0 saturated heterocycles. The number of amides is 1. The van der Waals surface area contributed by atoms with Crippen LogP contribution in [0.5, 0.6) is 5.75 Å². The lowest BCUT2D eigenvalue weighted by Gasteiger charge is -2.08. The van der Waals surface area contributed by atoms with Crippen molar-refractivity contribution in [3.8, 4) is 11.4 Å². The van der Waals surface area contributed by atoms with Crippen molar-refractivity contribution < 1.29 is 9.53 Å². The maximum atomic E-state index is 12.3. The second-order valence-corrected chi connectivity index (χ2v) is 6.68. The zero-order chi connectivity index (χ0) is 19.4. The Hall–Kier alpha value is -3.08. The summed E-state index contributed by atoms with van der Waals surface area (Å²) in [4.78, 5) is 12.3. The Labute approximate surface area is 160 Å². The second kappa shape index (κ2) is 8.08. The van der Waals surface area contributed by atoms with Gasteiger partial charge in [-0.1, -0.05) is 23.8 Å². The molecule has 3 rings (SSSR count). The number of ether oxygens (including phenoxy) is 1. The largest absolute Gasteiger partial charge is 0.497 e. The number of carbonyl (C=O) groups excluding carboxylic acids is 1. The topological polar surface area (TPSA) is 56.2 Å². The molecule has 3 aromatic rings. The van der Waals surface area contributed by atoms with Crippen LogP contribution in [-0.4, -0.2) is 22.8 Å². The van der Waals surface area contributed by atoms with Gasteiger partial charge < -0.3 is 10.1 Å². The summed E-state index contributed by atoms with van der Waals surface area (Å²) in [6.45, 7) is 6.04. The standard InChI is InChI=1S/C22H25N3O2/c1-15-8-10-18(11-9-15)23-22(26)13-12-21-16(2)24-25(17(21)3)19-6-5-7-20(14-19)27-4/h5-11,14H,12-13H2,1-4H3,(H,23,26). The van der Waals surface area contributed by atoms with E-state index in [0.29, 0.717) is 12.8 Å². The number of nitrogens with one attached hydrogen (secondary N) is 1. The molecule has 0 fully saturated rings. The van der Waals surface area contributed by atoms with Gasteiger partial charge in [-0.15, -0.1) is 0 Å². The van der Waals surface area contributed by atoms with E-state index in [4.69, 9.17) is 4.74 Å². The van der Waals surface area contributed by atoms with Crippen LogP contribution in [0.25, 0.3) is 5.69 Å². The van der Waals surface area contributed by atoms with Crippen LogP contribution in [0.2, 0.25) is 0 Å². The molecule has 140 valence electrons. The number of hydrogen-bond acceptors (Lipinski definition) is 3. The van der Waals surface area contributed by atoms with Gasteiger partial charge in [0, 0.05) is 23.9 Å². The predicted octanol–water partition coefficient (Wildman–Crippen LogP) is 4.38. The van der Waals surface area contributed by atoms with Gasteiger partial charge in [-0.3, -0.25) is 4.79 Å². The second-order valence-electron chi connectivity index (χ2n) is 6.68. The minimum Gasteiger partial charge on any atom is -0.497 e. The van der Waals surface area contributed by atoms with Crippen LogP contribution >= 0.6 is 0 Å². The number of aromatic nitrogens is 2. The Kier molecular flexibility index (Phi) is 5.60. The zero-order valence-electron chi connectivity index (χ0n) is 16.2. The fourth-order valence-corrected chi connectivity index (χ4v) is 3.13. The van der Waals surface area contributed by atoms with Crippen LogP contribution in [0, 0.1) is 20.8 Å². The third-order valence-corrected chi connectivity index (χ3v) is 4.68. The molecule has 1 amide bonds. The van der Waals surface area contributed by atoms with Crippen molar-refractivity contribution in [3.05, 3.63) is 71.0 Å². The van der Waals surface area contributed by atoms with Gasteiger partial charge in [-0.05, 0) is 57.0 Å². The van der Waals surface area contributed by atoms with E-state index in [1.807, 2.05) is 74.0 Å². The molecule has 27 heavy (non-hydrogen) atoms. The van der Waals surface area contributed by atoms with Gasteiger partial charge in [0.2, 0.25) is 5.91 Å². The van der Waals surface area contributed by atoms with E-state index < -0.39 is 0 Å². The lowest BCUT2D eigenvalue weighted by atomic mass is 10.1. The Morgan fingerprint density at radius 3 is 2.56 bits per heavy atom. The van der Waals surface area contributed by atoms with Crippen LogP contribution in [-0.2, 0) is 11.2 Å². The summed E-state index contributed by atoms with van der Waals surface area (Å²) < 4.78 is 7.21. The van der Waals surface area contributed by atoms with Crippen molar-refractivity contribution in [2.45, 2.75) is 33.6 Å². The van der Waals surface area contributed by atoms with Crippen LogP contribution in [0.1, 0.15) is 28.9 Å². The molecule has 5 nitrogen and oxygen atoms in total. The molecule has 0 unspecified atom stereocenters. The van der Waals surface area contributed by atoms with Gasteiger partial charge in [-0.25, -0.2) is 4.68 Å². The lowest BCUT2D eigenvalue weighted by molar-refractivity contribution is -0.116.